The molecule has 1 aromatic heterocycles. The summed E-state index contributed by atoms with van der Waals surface area (Å²) in [4.78, 5) is 14.1. The molecule has 2 rings (SSSR count). The third kappa shape index (κ3) is 1.56. The summed E-state index contributed by atoms with van der Waals surface area (Å²) in [5.74, 6) is -1.76. The number of benzene rings is 1. The van der Waals surface area contributed by atoms with Crippen LogP contribution in [0.1, 0.15) is 18.5 Å². The lowest BCUT2D eigenvalue weighted by molar-refractivity contribution is -0.185. The number of hydrogen-bond donors (Lipinski definition) is 0. The highest BCUT2D eigenvalue weighted by Crippen LogP contribution is 2.25. The van der Waals surface area contributed by atoms with E-state index in [1.165, 1.54) is 6.92 Å². The fourth-order valence-electron chi connectivity index (χ4n) is 1.40. The molecule has 1 atom stereocenters. The highest BCUT2D eigenvalue weighted by molar-refractivity contribution is 5.86. The zero-order valence-corrected chi connectivity index (χ0v) is 7.94. The first-order valence-corrected chi connectivity index (χ1v) is 4.40. The first-order chi connectivity index (χ1) is 7.24. The highest BCUT2D eigenvalue weighted by atomic mass is 19.3. The minimum atomic E-state index is -0.978. The van der Waals surface area contributed by atoms with Crippen LogP contribution in [0.2, 0.25) is 0 Å². The Labute approximate surface area is 84.5 Å². The lowest BCUT2D eigenvalue weighted by atomic mass is 10.0. The van der Waals surface area contributed by atoms with Gasteiger partial charge in [0, 0.05) is 9.91 Å². The second-order valence-electron chi connectivity index (χ2n) is 3.18. The van der Waals surface area contributed by atoms with Crippen LogP contribution in [0.3, 0.4) is 0 Å². The number of nitrogens with zero attached hydrogens (tertiary/aromatic N) is 1. The van der Waals surface area contributed by atoms with E-state index in [2.05, 4.69) is 10.1 Å². The molecule has 1 heterocycles. The van der Waals surface area contributed by atoms with Gasteiger partial charge in [0.25, 0.3) is 0 Å². The van der Waals surface area contributed by atoms with Crippen molar-refractivity contribution in [1.29, 1.82) is 0 Å². The lowest BCUT2D eigenvalue weighted by Crippen LogP contribution is -2.09. The number of aromatic nitrogens is 1. The van der Waals surface area contributed by atoms with Crippen LogP contribution in [0.25, 0.3) is 11.0 Å². The monoisotopic (exact) mass is 209 g/mol. The average Bonchev–Trinajstić information content (AvgIpc) is 2.70. The molecule has 0 radical (unpaired) electrons. The van der Waals surface area contributed by atoms with Gasteiger partial charge in [-0.1, -0.05) is 17.3 Å². The Morgan fingerprint density at radius 3 is 3.00 bits per heavy atom. The van der Waals surface area contributed by atoms with Crippen molar-refractivity contribution in [3.63, 3.8) is 0 Å². The van der Waals surface area contributed by atoms with Crippen molar-refractivity contribution < 1.29 is 18.8 Å². The van der Waals surface area contributed by atoms with Gasteiger partial charge in [-0.25, -0.2) is 4.79 Å². The summed E-state index contributed by atoms with van der Waals surface area (Å²) in [6.45, 7) is 1.51. The largest absolute Gasteiger partial charge is 0.357 e. The van der Waals surface area contributed by atoms with Crippen molar-refractivity contribution in [3.8, 4) is 0 Å². The maximum absolute atomic E-state index is 11.7. The van der Waals surface area contributed by atoms with E-state index in [4.69, 9.17) is 4.52 Å². The highest BCUT2D eigenvalue weighted by Gasteiger charge is 2.23. The molecule has 5 heteroatoms. The van der Waals surface area contributed by atoms with Gasteiger partial charge < -0.3 is 4.52 Å². The summed E-state index contributed by atoms with van der Waals surface area (Å²) < 4.78 is 16.7. The topological polar surface area (TPSA) is 52.3 Å². The van der Waals surface area contributed by atoms with Gasteiger partial charge in [-0.3, -0.25) is 4.94 Å². The minimum absolute atomic E-state index is 0.383. The number of fused-ring (bicyclic) bond motifs is 1. The van der Waals surface area contributed by atoms with Crippen LogP contribution >= 0.6 is 0 Å². The summed E-state index contributed by atoms with van der Waals surface area (Å²) in [5, 5.41) is 4.41. The Hall–Kier alpha value is -1.91. The number of carbonyl (C=O) groups is 1. The molecular weight excluding hydrogens is 201 g/mol. The lowest BCUT2D eigenvalue weighted by Gasteiger charge is -2.01. The third-order valence-corrected chi connectivity index (χ3v) is 2.25. The predicted octanol–water partition coefficient (Wildman–Crippen LogP) is 2.36. The van der Waals surface area contributed by atoms with Crippen LogP contribution in [0.4, 0.5) is 4.53 Å². The standard InChI is InChI=1S/C10H8FNO3/c1-6(10(13)14-11)9-7-4-2-3-5-8(7)15-12-9/h2-6H,1H3. The van der Waals surface area contributed by atoms with E-state index in [0.29, 0.717) is 16.7 Å². The van der Waals surface area contributed by atoms with Gasteiger partial charge in [-0.05, 0) is 19.1 Å². The number of halogens is 1. The van der Waals surface area contributed by atoms with Gasteiger partial charge in [-0.15, -0.1) is 0 Å². The molecule has 0 saturated heterocycles. The Bertz CT molecular complexity index is 494. The number of carbonyl (C=O) groups excluding carboxylic acids is 1. The van der Waals surface area contributed by atoms with Crippen molar-refractivity contribution in [2.75, 3.05) is 0 Å². The van der Waals surface area contributed by atoms with Crippen molar-refractivity contribution in [3.05, 3.63) is 30.0 Å². The second-order valence-corrected chi connectivity index (χ2v) is 3.18. The molecule has 0 spiro atoms. The van der Waals surface area contributed by atoms with Gasteiger partial charge in [0.2, 0.25) is 0 Å². The smallest absolute Gasteiger partial charge is 0.356 e. The van der Waals surface area contributed by atoms with Crippen molar-refractivity contribution in [2.24, 2.45) is 0 Å². The fraction of sp³-hybridized carbons (Fsp3) is 0.200. The van der Waals surface area contributed by atoms with Crippen LogP contribution in [0, 0.1) is 0 Å². The molecule has 1 unspecified atom stereocenters. The van der Waals surface area contributed by atoms with Gasteiger partial charge in [0.05, 0.1) is 0 Å². The van der Waals surface area contributed by atoms with Crippen LogP contribution in [-0.2, 0) is 9.74 Å². The fourth-order valence-corrected chi connectivity index (χ4v) is 1.40. The molecule has 0 fully saturated rings. The molecule has 0 bridgehead atoms. The first-order valence-electron chi connectivity index (χ1n) is 4.40. The van der Waals surface area contributed by atoms with Crippen LogP contribution < -0.4 is 0 Å². The maximum Gasteiger partial charge on any atom is 0.357 e. The summed E-state index contributed by atoms with van der Waals surface area (Å²) in [7, 11) is 0. The van der Waals surface area contributed by atoms with Crippen molar-refractivity contribution in [2.45, 2.75) is 12.8 Å². The Balaban J connectivity index is 2.48. The van der Waals surface area contributed by atoms with Crippen LogP contribution in [0.5, 0.6) is 0 Å². The minimum Gasteiger partial charge on any atom is -0.356 e. The number of rotatable bonds is 2. The summed E-state index contributed by atoms with van der Waals surface area (Å²) in [6, 6.07) is 7.05. The molecule has 2 aromatic rings. The van der Waals surface area contributed by atoms with Crippen molar-refractivity contribution in [1.82, 2.24) is 5.16 Å². The molecule has 0 aliphatic rings. The Kier molecular flexibility index (Phi) is 2.37. The van der Waals surface area contributed by atoms with E-state index < -0.39 is 11.9 Å². The molecule has 0 N–H and O–H groups in total. The van der Waals surface area contributed by atoms with Gasteiger partial charge in [0.15, 0.2) is 5.58 Å². The van der Waals surface area contributed by atoms with Gasteiger partial charge in [0.1, 0.15) is 11.6 Å². The molecule has 0 saturated carbocycles. The Morgan fingerprint density at radius 1 is 1.53 bits per heavy atom. The van der Waals surface area contributed by atoms with E-state index in [9.17, 15) is 9.32 Å². The summed E-state index contributed by atoms with van der Waals surface area (Å²) >= 11 is 0. The Morgan fingerprint density at radius 2 is 2.27 bits per heavy atom. The SMILES string of the molecule is CC(C(=O)OF)c1noc2ccccc12. The zero-order chi connectivity index (χ0) is 10.8. The maximum atomic E-state index is 11.7. The molecule has 0 aliphatic heterocycles. The van der Waals surface area contributed by atoms with E-state index >= 15 is 0 Å². The summed E-state index contributed by atoms with van der Waals surface area (Å²) in [6.07, 6.45) is 0. The second kappa shape index (κ2) is 3.68. The van der Waals surface area contributed by atoms with E-state index in [1.54, 1.807) is 24.3 Å². The normalized spacial score (nSPS) is 12.7. The van der Waals surface area contributed by atoms with Gasteiger partial charge in [-0.2, -0.15) is 0 Å². The molecular formula is C10H8FNO3. The quantitative estimate of drug-likeness (QED) is 0.761. The number of para-hydroxylation sites is 1. The predicted molar refractivity (Wildman–Crippen MR) is 49.6 cm³/mol. The zero-order valence-electron chi connectivity index (χ0n) is 7.94. The molecule has 0 aliphatic carbocycles. The molecule has 15 heavy (non-hydrogen) atoms. The molecule has 1 aromatic carbocycles. The number of hydrogen-bond acceptors (Lipinski definition) is 4. The van der Waals surface area contributed by atoms with Crippen LogP contribution in [-0.4, -0.2) is 11.1 Å². The van der Waals surface area contributed by atoms with Gasteiger partial charge >= 0.3 is 5.97 Å². The first kappa shape index (κ1) is 9.64. The van der Waals surface area contributed by atoms with E-state index in [1.807, 2.05) is 0 Å². The molecule has 0 amide bonds. The van der Waals surface area contributed by atoms with E-state index in [0.717, 1.165) is 0 Å². The summed E-state index contributed by atoms with van der Waals surface area (Å²) in [5.41, 5.74) is 0.944. The van der Waals surface area contributed by atoms with E-state index in [-0.39, 0.29) is 0 Å². The third-order valence-electron chi connectivity index (χ3n) is 2.25. The van der Waals surface area contributed by atoms with Crippen LogP contribution in [0.15, 0.2) is 28.8 Å². The average molecular weight is 209 g/mol. The molecule has 78 valence electrons. The molecule has 4 nitrogen and oxygen atoms in total. The van der Waals surface area contributed by atoms with Crippen molar-refractivity contribution >= 4 is 16.9 Å².